The van der Waals surface area contributed by atoms with Crippen LogP contribution in [0.15, 0.2) is 39.8 Å². The zero-order chi connectivity index (χ0) is 24.0. The first kappa shape index (κ1) is 22.9. The molecule has 2 aliphatic heterocycles. The minimum absolute atomic E-state index is 0.0433. The summed E-state index contributed by atoms with van der Waals surface area (Å²) >= 11 is 0. The zero-order valence-corrected chi connectivity index (χ0v) is 19.4. The van der Waals surface area contributed by atoms with E-state index in [-0.39, 0.29) is 42.5 Å². The van der Waals surface area contributed by atoms with E-state index in [1.807, 2.05) is 0 Å². The lowest BCUT2D eigenvalue weighted by Crippen LogP contribution is -2.53. The average Bonchev–Trinajstić information content (AvgIpc) is 3.25. The molecule has 2 fully saturated rings. The van der Waals surface area contributed by atoms with Gasteiger partial charge in [0.1, 0.15) is 22.7 Å². The van der Waals surface area contributed by atoms with Crippen LogP contribution in [0.1, 0.15) is 23.9 Å². The van der Waals surface area contributed by atoms with Crippen LogP contribution < -0.4 is 5.32 Å². The molecular weight excluding hydrogens is 450 g/mol. The maximum absolute atomic E-state index is 13.0. The molecule has 2 aromatic rings. The molecule has 0 unspecified atom stereocenters. The molecule has 1 aromatic heterocycles. The molecule has 4 amide bonds. The Morgan fingerprint density at radius 1 is 1.12 bits per heavy atom. The summed E-state index contributed by atoms with van der Waals surface area (Å²) in [5.41, 5.74) is -0.345. The molecule has 2 saturated heterocycles. The standard InChI is InChI=1S/C21H25N5O6S/c1-14-18(15(2)32-23-14)33(30,31)25-11-9-24(10-12-25)17(27)13-26-19(28)21(3,22-20(26)29)16-7-5-4-6-8-16/h4-8H,9-13H2,1-3H3,(H,22,29)/t21-/m1/s1. The summed E-state index contributed by atoms with van der Waals surface area (Å²) in [6.07, 6.45) is 0. The normalized spacial score (nSPS) is 22.0. The SMILES string of the molecule is Cc1noc(C)c1S(=O)(=O)N1CCN(C(=O)CN2C(=O)N[C@](C)(c3ccccc3)C2=O)CC1. The van der Waals surface area contributed by atoms with Crippen molar-refractivity contribution in [1.29, 1.82) is 0 Å². The molecule has 11 nitrogen and oxygen atoms in total. The van der Waals surface area contributed by atoms with Crippen molar-refractivity contribution in [3.8, 4) is 0 Å². The maximum Gasteiger partial charge on any atom is 0.325 e. The smallest absolute Gasteiger partial charge is 0.325 e. The summed E-state index contributed by atoms with van der Waals surface area (Å²) in [6, 6.07) is 8.18. The van der Waals surface area contributed by atoms with Crippen molar-refractivity contribution >= 4 is 27.9 Å². The summed E-state index contributed by atoms with van der Waals surface area (Å²) in [5, 5.41) is 6.38. The third kappa shape index (κ3) is 3.89. The number of carbonyl (C=O) groups is 3. The predicted octanol–water partition coefficient (Wildman–Crippen LogP) is 0.592. The maximum atomic E-state index is 13.0. The highest BCUT2D eigenvalue weighted by atomic mass is 32.2. The van der Waals surface area contributed by atoms with Gasteiger partial charge in [0.25, 0.3) is 5.91 Å². The highest BCUT2D eigenvalue weighted by molar-refractivity contribution is 7.89. The number of hydrogen-bond acceptors (Lipinski definition) is 7. The van der Waals surface area contributed by atoms with E-state index in [1.165, 1.54) is 16.1 Å². The Kier molecular flexibility index (Phi) is 5.74. The molecule has 0 saturated carbocycles. The molecule has 1 N–H and O–H groups in total. The molecule has 12 heteroatoms. The van der Waals surface area contributed by atoms with Crippen molar-refractivity contribution in [1.82, 2.24) is 24.6 Å². The molecular formula is C21H25N5O6S. The monoisotopic (exact) mass is 475 g/mol. The Morgan fingerprint density at radius 2 is 1.76 bits per heavy atom. The van der Waals surface area contributed by atoms with Crippen LogP contribution in [-0.2, 0) is 25.2 Å². The van der Waals surface area contributed by atoms with E-state index in [9.17, 15) is 22.8 Å². The first-order valence-corrected chi connectivity index (χ1v) is 11.9. The number of amides is 4. The molecule has 3 heterocycles. The fourth-order valence-corrected chi connectivity index (χ4v) is 5.91. The zero-order valence-electron chi connectivity index (χ0n) is 18.6. The van der Waals surface area contributed by atoms with Crippen LogP contribution in [-0.4, -0.2) is 78.2 Å². The summed E-state index contributed by atoms with van der Waals surface area (Å²) in [5.74, 6) is -0.720. The molecule has 0 spiro atoms. The Labute approximate surface area is 191 Å². The van der Waals surface area contributed by atoms with Crippen LogP contribution in [0.2, 0.25) is 0 Å². The number of carbonyl (C=O) groups excluding carboxylic acids is 3. The lowest BCUT2D eigenvalue weighted by atomic mass is 9.92. The van der Waals surface area contributed by atoms with E-state index < -0.39 is 40.0 Å². The Morgan fingerprint density at radius 3 is 2.33 bits per heavy atom. The highest BCUT2D eigenvalue weighted by Gasteiger charge is 2.49. The molecule has 2 aliphatic rings. The van der Waals surface area contributed by atoms with Gasteiger partial charge in [-0.25, -0.2) is 13.2 Å². The minimum atomic E-state index is -3.80. The Bertz CT molecular complexity index is 1180. The van der Waals surface area contributed by atoms with Crippen molar-refractivity contribution in [2.24, 2.45) is 0 Å². The number of aromatic nitrogens is 1. The molecule has 0 radical (unpaired) electrons. The van der Waals surface area contributed by atoms with Gasteiger partial charge in [-0.05, 0) is 26.3 Å². The van der Waals surface area contributed by atoms with Gasteiger partial charge in [0.15, 0.2) is 5.76 Å². The van der Waals surface area contributed by atoms with Crippen molar-refractivity contribution in [2.45, 2.75) is 31.2 Å². The van der Waals surface area contributed by atoms with Gasteiger partial charge in [-0.1, -0.05) is 35.5 Å². The number of sulfonamides is 1. The van der Waals surface area contributed by atoms with Gasteiger partial charge in [-0.3, -0.25) is 14.5 Å². The number of urea groups is 1. The van der Waals surface area contributed by atoms with Gasteiger partial charge in [0.05, 0.1) is 0 Å². The van der Waals surface area contributed by atoms with Crippen molar-refractivity contribution in [3.63, 3.8) is 0 Å². The largest absolute Gasteiger partial charge is 0.360 e. The van der Waals surface area contributed by atoms with Crippen molar-refractivity contribution in [3.05, 3.63) is 47.3 Å². The molecule has 176 valence electrons. The first-order valence-electron chi connectivity index (χ1n) is 10.5. The number of aryl methyl sites for hydroxylation is 2. The first-order chi connectivity index (χ1) is 15.6. The summed E-state index contributed by atoms with van der Waals surface area (Å²) < 4.78 is 32.2. The van der Waals surface area contributed by atoms with E-state index >= 15 is 0 Å². The second kappa shape index (κ2) is 8.27. The molecule has 0 bridgehead atoms. The number of nitrogens with zero attached hydrogens (tertiary/aromatic N) is 4. The molecule has 4 rings (SSSR count). The fraction of sp³-hybridized carbons (Fsp3) is 0.429. The minimum Gasteiger partial charge on any atom is -0.360 e. The second-order valence-electron chi connectivity index (χ2n) is 8.25. The van der Waals surface area contributed by atoms with Crippen LogP contribution in [0.5, 0.6) is 0 Å². The van der Waals surface area contributed by atoms with Gasteiger partial charge in [-0.15, -0.1) is 0 Å². The van der Waals surface area contributed by atoms with E-state index in [1.54, 1.807) is 44.2 Å². The van der Waals surface area contributed by atoms with Crippen molar-refractivity contribution in [2.75, 3.05) is 32.7 Å². The third-order valence-electron chi connectivity index (χ3n) is 6.08. The molecule has 1 aromatic carbocycles. The van der Waals surface area contributed by atoms with Crippen LogP contribution in [0, 0.1) is 13.8 Å². The van der Waals surface area contributed by atoms with E-state index in [0.717, 1.165) is 4.90 Å². The van der Waals surface area contributed by atoms with E-state index in [0.29, 0.717) is 5.56 Å². The predicted molar refractivity (Wildman–Crippen MR) is 115 cm³/mol. The van der Waals surface area contributed by atoms with Crippen LogP contribution >= 0.6 is 0 Å². The van der Waals surface area contributed by atoms with Gasteiger partial charge in [0, 0.05) is 26.2 Å². The molecule has 0 aliphatic carbocycles. The number of nitrogens with one attached hydrogen (secondary N) is 1. The Hall–Kier alpha value is -3.25. The van der Waals surface area contributed by atoms with Crippen LogP contribution in [0.3, 0.4) is 0 Å². The van der Waals surface area contributed by atoms with E-state index in [4.69, 9.17) is 4.52 Å². The number of benzene rings is 1. The van der Waals surface area contributed by atoms with Gasteiger partial charge in [-0.2, -0.15) is 4.31 Å². The fourth-order valence-electron chi connectivity index (χ4n) is 4.19. The lowest BCUT2D eigenvalue weighted by molar-refractivity contribution is -0.139. The summed E-state index contributed by atoms with van der Waals surface area (Å²) in [4.78, 5) is 40.7. The molecule has 1 atom stereocenters. The number of imide groups is 1. The van der Waals surface area contributed by atoms with Crippen molar-refractivity contribution < 1.29 is 27.3 Å². The van der Waals surface area contributed by atoms with Crippen LogP contribution in [0.25, 0.3) is 0 Å². The lowest BCUT2D eigenvalue weighted by Gasteiger charge is -2.34. The topological polar surface area (TPSA) is 133 Å². The quantitative estimate of drug-likeness (QED) is 0.626. The van der Waals surface area contributed by atoms with Gasteiger partial charge in [0.2, 0.25) is 15.9 Å². The van der Waals surface area contributed by atoms with Crippen LogP contribution in [0.4, 0.5) is 4.79 Å². The average molecular weight is 476 g/mol. The number of hydrogen-bond donors (Lipinski definition) is 1. The molecule has 33 heavy (non-hydrogen) atoms. The second-order valence-corrected chi connectivity index (χ2v) is 10.1. The summed E-state index contributed by atoms with van der Waals surface area (Å²) in [7, 11) is -3.80. The third-order valence-corrected chi connectivity index (χ3v) is 8.22. The van der Waals surface area contributed by atoms with Gasteiger partial charge < -0.3 is 14.7 Å². The number of rotatable bonds is 5. The Balaban J connectivity index is 1.41. The highest BCUT2D eigenvalue weighted by Crippen LogP contribution is 2.29. The number of piperazine rings is 1. The van der Waals surface area contributed by atoms with Gasteiger partial charge >= 0.3 is 6.03 Å². The van der Waals surface area contributed by atoms with E-state index in [2.05, 4.69) is 10.5 Å². The summed E-state index contributed by atoms with van der Waals surface area (Å²) in [6.45, 7) is 4.73.